The highest BCUT2D eigenvalue weighted by Crippen LogP contribution is 2.23. The average Bonchev–Trinajstić information content (AvgIpc) is 2.30. The van der Waals surface area contributed by atoms with E-state index in [2.05, 4.69) is 5.32 Å². The number of hydrogen-bond acceptors (Lipinski definition) is 2. The highest BCUT2D eigenvalue weighted by atomic mass is 35.5. The Morgan fingerprint density at radius 1 is 1.31 bits per heavy atom. The van der Waals surface area contributed by atoms with Crippen LogP contribution >= 0.6 is 11.6 Å². The van der Waals surface area contributed by atoms with Crippen molar-refractivity contribution >= 4 is 23.5 Å². The van der Waals surface area contributed by atoms with Crippen molar-refractivity contribution in [1.82, 2.24) is 10.2 Å². The molecule has 0 aromatic carbocycles. The number of halogens is 1. The summed E-state index contributed by atoms with van der Waals surface area (Å²) in [6.45, 7) is 0.724. The van der Waals surface area contributed by atoms with Crippen molar-refractivity contribution in [2.24, 2.45) is 5.92 Å². The molecule has 5 heteroatoms. The molecule has 0 aromatic rings. The maximum Gasteiger partial charge on any atom is 0.323 e. The van der Waals surface area contributed by atoms with Crippen LogP contribution in [0.4, 0.5) is 4.79 Å². The average molecular weight is 247 g/mol. The molecule has 92 valence electrons. The molecule has 3 amide bonds. The van der Waals surface area contributed by atoms with Gasteiger partial charge >= 0.3 is 6.03 Å². The lowest BCUT2D eigenvalue weighted by molar-refractivity contribution is -0.117. The molecule has 0 saturated heterocycles. The van der Waals surface area contributed by atoms with E-state index in [0.29, 0.717) is 5.92 Å². The summed E-state index contributed by atoms with van der Waals surface area (Å²) >= 11 is 5.31. The number of urea groups is 1. The predicted molar refractivity (Wildman–Crippen MR) is 63.5 cm³/mol. The van der Waals surface area contributed by atoms with Crippen molar-refractivity contribution in [1.29, 1.82) is 0 Å². The summed E-state index contributed by atoms with van der Waals surface area (Å²) in [6.07, 6.45) is 6.17. The fraction of sp³-hybridized carbons (Fsp3) is 0.818. The van der Waals surface area contributed by atoms with Gasteiger partial charge in [0.05, 0.1) is 0 Å². The topological polar surface area (TPSA) is 49.4 Å². The number of nitrogens with zero attached hydrogens (tertiary/aromatic N) is 1. The van der Waals surface area contributed by atoms with E-state index in [1.165, 1.54) is 32.1 Å². The van der Waals surface area contributed by atoms with Gasteiger partial charge in [0.2, 0.25) is 5.91 Å². The minimum atomic E-state index is -0.442. The molecule has 1 rings (SSSR count). The lowest BCUT2D eigenvalue weighted by atomic mass is 9.89. The summed E-state index contributed by atoms with van der Waals surface area (Å²) in [5.41, 5.74) is 0. The number of carbonyl (C=O) groups is 2. The predicted octanol–water partition coefficient (Wildman–Crippen LogP) is 1.97. The third-order valence-electron chi connectivity index (χ3n) is 2.97. The van der Waals surface area contributed by atoms with Gasteiger partial charge in [-0.05, 0) is 18.8 Å². The molecule has 1 N–H and O–H groups in total. The molecule has 0 aliphatic heterocycles. The maximum atomic E-state index is 11.5. The van der Waals surface area contributed by atoms with E-state index >= 15 is 0 Å². The summed E-state index contributed by atoms with van der Waals surface area (Å²) in [5, 5.41) is 2.24. The van der Waals surface area contributed by atoms with E-state index in [0.717, 1.165) is 6.54 Å². The molecule has 0 atom stereocenters. The van der Waals surface area contributed by atoms with Crippen molar-refractivity contribution in [2.45, 2.75) is 32.1 Å². The summed E-state index contributed by atoms with van der Waals surface area (Å²) < 4.78 is 0. The number of alkyl halides is 1. The van der Waals surface area contributed by atoms with Crippen LogP contribution in [0.25, 0.3) is 0 Å². The number of amides is 3. The van der Waals surface area contributed by atoms with Gasteiger partial charge in [0.25, 0.3) is 0 Å². The third-order valence-corrected chi connectivity index (χ3v) is 3.21. The molecule has 1 aliphatic carbocycles. The van der Waals surface area contributed by atoms with Gasteiger partial charge in [-0.25, -0.2) is 4.79 Å². The van der Waals surface area contributed by atoms with E-state index in [1.807, 2.05) is 0 Å². The number of hydrogen-bond donors (Lipinski definition) is 1. The Morgan fingerprint density at radius 2 is 1.94 bits per heavy atom. The van der Waals surface area contributed by atoms with Crippen molar-refractivity contribution in [2.75, 3.05) is 19.5 Å². The van der Waals surface area contributed by atoms with E-state index in [4.69, 9.17) is 11.6 Å². The van der Waals surface area contributed by atoms with Crippen LogP contribution in [0.3, 0.4) is 0 Å². The Bertz CT molecular complexity index is 252. The zero-order chi connectivity index (χ0) is 12.0. The summed E-state index contributed by atoms with van der Waals surface area (Å²) in [5.74, 6) is -0.0408. The highest BCUT2D eigenvalue weighted by molar-refractivity contribution is 6.28. The molecular formula is C11H19ClN2O2. The molecule has 0 heterocycles. The third kappa shape index (κ3) is 4.39. The molecule has 1 fully saturated rings. The fourth-order valence-corrected chi connectivity index (χ4v) is 2.15. The zero-order valence-electron chi connectivity index (χ0n) is 9.67. The molecule has 4 nitrogen and oxygen atoms in total. The first-order valence-electron chi connectivity index (χ1n) is 5.74. The van der Waals surface area contributed by atoms with E-state index in [1.54, 1.807) is 11.9 Å². The quantitative estimate of drug-likeness (QED) is 0.774. The number of imide groups is 1. The maximum absolute atomic E-state index is 11.5. The first-order chi connectivity index (χ1) is 7.63. The Balaban J connectivity index is 2.29. The van der Waals surface area contributed by atoms with Crippen LogP contribution in [0.2, 0.25) is 0 Å². The number of nitrogens with one attached hydrogen (secondary N) is 1. The number of rotatable bonds is 3. The SMILES string of the molecule is CN(CC1CCCCC1)C(=O)NC(=O)CCl. The van der Waals surface area contributed by atoms with Crippen molar-refractivity contribution in [3.8, 4) is 0 Å². The minimum Gasteiger partial charge on any atom is -0.327 e. The summed E-state index contributed by atoms with van der Waals surface area (Å²) in [6, 6.07) is -0.351. The van der Waals surface area contributed by atoms with Crippen molar-refractivity contribution in [3.05, 3.63) is 0 Å². The first-order valence-corrected chi connectivity index (χ1v) is 6.28. The van der Waals surface area contributed by atoms with Gasteiger partial charge in [-0.15, -0.1) is 11.6 Å². The summed E-state index contributed by atoms with van der Waals surface area (Å²) in [4.78, 5) is 24.0. The molecule has 0 unspecified atom stereocenters. The van der Waals surface area contributed by atoms with Crippen molar-refractivity contribution in [3.63, 3.8) is 0 Å². The van der Waals surface area contributed by atoms with Gasteiger partial charge < -0.3 is 4.90 Å². The first kappa shape index (κ1) is 13.3. The fourth-order valence-electron chi connectivity index (χ4n) is 2.09. The van der Waals surface area contributed by atoms with Gasteiger partial charge in [0, 0.05) is 13.6 Å². The van der Waals surface area contributed by atoms with Crippen LogP contribution in [-0.2, 0) is 4.79 Å². The smallest absolute Gasteiger partial charge is 0.323 e. The Morgan fingerprint density at radius 3 is 2.50 bits per heavy atom. The van der Waals surface area contributed by atoms with E-state index < -0.39 is 5.91 Å². The van der Waals surface area contributed by atoms with Crippen LogP contribution in [0.15, 0.2) is 0 Å². The second-order valence-corrected chi connectivity index (χ2v) is 4.64. The lowest BCUT2D eigenvalue weighted by Gasteiger charge is -2.26. The van der Waals surface area contributed by atoms with Crippen LogP contribution in [0.5, 0.6) is 0 Å². The molecule has 1 saturated carbocycles. The Labute approximate surface area is 101 Å². The molecule has 1 aliphatic rings. The Kier molecular flexibility index (Phi) is 5.60. The largest absolute Gasteiger partial charge is 0.327 e. The highest BCUT2D eigenvalue weighted by Gasteiger charge is 2.18. The number of carbonyl (C=O) groups excluding carboxylic acids is 2. The van der Waals surface area contributed by atoms with Gasteiger partial charge in [-0.2, -0.15) is 0 Å². The molecular weight excluding hydrogens is 228 g/mol. The second kappa shape index (κ2) is 6.74. The van der Waals surface area contributed by atoms with Crippen LogP contribution in [0.1, 0.15) is 32.1 Å². The van der Waals surface area contributed by atoms with E-state index in [9.17, 15) is 9.59 Å². The van der Waals surface area contributed by atoms with Crippen molar-refractivity contribution < 1.29 is 9.59 Å². The summed E-state index contributed by atoms with van der Waals surface area (Å²) in [7, 11) is 1.71. The van der Waals surface area contributed by atoms with Gasteiger partial charge in [0.1, 0.15) is 5.88 Å². The molecule has 0 bridgehead atoms. The second-order valence-electron chi connectivity index (χ2n) is 4.37. The van der Waals surface area contributed by atoms with Gasteiger partial charge in [-0.3, -0.25) is 10.1 Å². The van der Waals surface area contributed by atoms with Crippen LogP contribution in [-0.4, -0.2) is 36.3 Å². The van der Waals surface area contributed by atoms with Crippen LogP contribution in [0, 0.1) is 5.92 Å². The van der Waals surface area contributed by atoms with Gasteiger partial charge in [-0.1, -0.05) is 19.3 Å². The normalized spacial score (nSPS) is 16.9. The standard InChI is InChI=1S/C11H19ClN2O2/c1-14(11(16)13-10(15)7-12)8-9-5-3-2-4-6-9/h9H,2-8H2,1H3,(H,13,15,16). The monoisotopic (exact) mass is 246 g/mol. The van der Waals surface area contributed by atoms with Gasteiger partial charge in [0.15, 0.2) is 0 Å². The molecule has 16 heavy (non-hydrogen) atoms. The molecule has 0 radical (unpaired) electrons. The van der Waals surface area contributed by atoms with E-state index in [-0.39, 0.29) is 11.9 Å². The molecule has 0 aromatic heterocycles. The Hall–Kier alpha value is -0.770. The minimum absolute atomic E-state index is 0.178. The lowest BCUT2D eigenvalue weighted by Crippen LogP contribution is -2.43. The van der Waals surface area contributed by atoms with Crippen LogP contribution < -0.4 is 5.32 Å². The zero-order valence-corrected chi connectivity index (χ0v) is 10.4. The molecule has 0 spiro atoms.